The van der Waals surface area contributed by atoms with Crippen LogP contribution in [0.4, 0.5) is 0 Å². The Kier molecular flexibility index (Phi) is 5.60. The topological polar surface area (TPSA) is 20.2 Å². The predicted octanol–water partition coefficient (Wildman–Crippen LogP) is 2.77. The molecule has 1 fully saturated rings. The normalized spacial score (nSPS) is 31.6. The molecule has 0 saturated carbocycles. The van der Waals surface area contributed by atoms with Gasteiger partial charge in [-0.1, -0.05) is 20.3 Å². The van der Waals surface area contributed by atoms with Crippen molar-refractivity contribution in [1.29, 1.82) is 0 Å². The van der Waals surface area contributed by atoms with Crippen LogP contribution in [0.2, 0.25) is 0 Å². The van der Waals surface area contributed by atoms with Gasteiger partial charge in [0.2, 0.25) is 0 Å². The second-order valence-electron chi connectivity index (χ2n) is 3.51. The third-order valence-corrected chi connectivity index (χ3v) is 5.85. The number of hydrogen-bond acceptors (Lipinski definition) is 3. The maximum absolute atomic E-state index is 9.94. The molecular weight excluding hydrogens is 200 g/mol. The van der Waals surface area contributed by atoms with E-state index >= 15 is 0 Å². The lowest BCUT2D eigenvalue weighted by Crippen LogP contribution is -2.35. The third-order valence-electron chi connectivity index (χ3n) is 2.46. The molecule has 3 unspecified atom stereocenters. The van der Waals surface area contributed by atoms with E-state index in [1.54, 1.807) is 0 Å². The first-order valence-electron chi connectivity index (χ1n) is 5.20. The molecule has 0 aromatic carbocycles. The summed E-state index contributed by atoms with van der Waals surface area (Å²) in [6.45, 7) is 4.38. The average molecular weight is 220 g/mol. The van der Waals surface area contributed by atoms with Crippen LogP contribution in [-0.4, -0.2) is 33.2 Å². The molecule has 0 bridgehead atoms. The lowest BCUT2D eigenvalue weighted by Gasteiger charge is -2.33. The van der Waals surface area contributed by atoms with Crippen molar-refractivity contribution in [2.75, 3.05) is 11.5 Å². The van der Waals surface area contributed by atoms with Gasteiger partial charge in [0.05, 0.1) is 6.10 Å². The van der Waals surface area contributed by atoms with Crippen LogP contribution in [0.1, 0.15) is 33.1 Å². The fraction of sp³-hybridized carbons (Fsp3) is 1.00. The highest BCUT2D eigenvalue weighted by Gasteiger charge is 2.30. The maximum Gasteiger partial charge on any atom is 0.0669 e. The molecule has 13 heavy (non-hydrogen) atoms. The van der Waals surface area contributed by atoms with Crippen LogP contribution in [0.15, 0.2) is 0 Å². The highest BCUT2D eigenvalue weighted by atomic mass is 32.2. The molecule has 3 atom stereocenters. The Morgan fingerprint density at radius 2 is 2.00 bits per heavy atom. The van der Waals surface area contributed by atoms with E-state index in [4.69, 9.17) is 0 Å². The summed E-state index contributed by atoms with van der Waals surface area (Å²) >= 11 is 4.02. The molecule has 0 radical (unpaired) electrons. The van der Waals surface area contributed by atoms with Crippen molar-refractivity contribution in [2.24, 2.45) is 0 Å². The first-order valence-corrected chi connectivity index (χ1v) is 7.30. The summed E-state index contributed by atoms with van der Waals surface area (Å²) in [5.74, 6) is 2.48. The summed E-state index contributed by atoms with van der Waals surface area (Å²) in [5, 5.41) is 11.1. The zero-order valence-corrected chi connectivity index (χ0v) is 10.2. The molecule has 1 aliphatic rings. The SMILES string of the molecule is CCCC(O)C1SCCSC1CC. The molecule has 1 rings (SSSR count). The minimum atomic E-state index is -0.0762. The lowest BCUT2D eigenvalue weighted by atomic mass is 10.1. The number of aliphatic hydroxyl groups excluding tert-OH is 1. The largest absolute Gasteiger partial charge is 0.392 e. The number of aliphatic hydroxyl groups is 1. The van der Waals surface area contributed by atoms with Crippen molar-refractivity contribution in [3.05, 3.63) is 0 Å². The van der Waals surface area contributed by atoms with Crippen LogP contribution >= 0.6 is 23.5 Å². The molecule has 0 amide bonds. The molecule has 0 aromatic rings. The van der Waals surface area contributed by atoms with Gasteiger partial charge in [0.1, 0.15) is 0 Å². The van der Waals surface area contributed by atoms with Crippen LogP contribution in [0.25, 0.3) is 0 Å². The van der Waals surface area contributed by atoms with E-state index in [2.05, 4.69) is 13.8 Å². The van der Waals surface area contributed by atoms with E-state index in [-0.39, 0.29) is 6.10 Å². The quantitative estimate of drug-likeness (QED) is 0.787. The number of hydrogen-bond donors (Lipinski definition) is 1. The monoisotopic (exact) mass is 220 g/mol. The highest BCUT2D eigenvalue weighted by Crippen LogP contribution is 2.36. The molecule has 1 nitrogen and oxygen atoms in total. The standard InChI is InChI=1S/C10H20OS2/c1-3-5-8(11)10-9(4-2)12-6-7-13-10/h8-11H,3-7H2,1-2H3. The Hall–Kier alpha value is 0.660. The Morgan fingerprint density at radius 1 is 1.31 bits per heavy atom. The van der Waals surface area contributed by atoms with Crippen molar-refractivity contribution in [3.63, 3.8) is 0 Å². The second kappa shape index (κ2) is 6.20. The smallest absolute Gasteiger partial charge is 0.0669 e. The van der Waals surface area contributed by atoms with Gasteiger partial charge in [-0.05, 0) is 12.8 Å². The van der Waals surface area contributed by atoms with Gasteiger partial charge in [0, 0.05) is 22.0 Å². The summed E-state index contributed by atoms with van der Waals surface area (Å²) in [5.41, 5.74) is 0. The van der Waals surface area contributed by atoms with Gasteiger partial charge < -0.3 is 5.11 Å². The molecule has 1 aliphatic heterocycles. The summed E-state index contributed by atoms with van der Waals surface area (Å²) in [7, 11) is 0. The Balaban J connectivity index is 2.43. The van der Waals surface area contributed by atoms with Crippen molar-refractivity contribution in [2.45, 2.75) is 49.7 Å². The Labute approximate surface area is 90.1 Å². The zero-order chi connectivity index (χ0) is 9.68. The van der Waals surface area contributed by atoms with Crippen LogP contribution in [-0.2, 0) is 0 Å². The van der Waals surface area contributed by atoms with Crippen LogP contribution in [0.5, 0.6) is 0 Å². The van der Waals surface area contributed by atoms with E-state index in [9.17, 15) is 5.11 Å². The van der Waals surface area contributed by atoms with Gasteiger partial charge in [0.15, 0.2) is 0 Å². The summed E-state index contributed by atoms with van der Waals surface area (Å²) in [4.78, 5) is 0. The summed E-state index contributed by atoms with van der Waals surface area (Å²) in [6, 6.07) is 0. The lowest BCUT2D eigenvalue weighted by molar-refractivity contribution is 0.158. The van der Waals surface area contributed by atoms with Gasteiger partial charge in [-0.3, -0.25) is 0 Å². The van der Waals surface area contributed by atoms with Gasteiger partial charge >= 0.3 is 0 Å². The Morgan fingerprint density at radius 3 is 2.62 bits per heavy atom. The van der Waals surface area contributed by atoms with E-state index in [1.165, 1.54) is 17.9 Å². The van der Waals surface area contributed by atoms with E-state index in [0.29, 0.717) is 10.5 Å². The molecule has 0 aromatic heterocycles. The third kappa shape index (κ3) is 3.37. The average Bonchev–Trinajstić information content (AvgIpc) is 2.18. The van der Waals surface area contributed by atoms with Gasteiger partial charge in [0.25, 0.3) is 0 Å². The van der Waals surface area contributed by atoms with Gasteiger partial charge in [-0.2, -0.15) is 23.5 Å². The second-order valence-corrected chi connectivity index (χ2v) is 6.14. The molecule has 3 heteroatoms. The van der Waals surface area contributed by atoms with Gasteiger partial charge in [-0.25, -0.2) is 0 Å². The van der Waals surface area contributed by atoms with Crippen molar-refractivity contribution < 1.29 is 5.11 Å². The predicted molar refractivity (Wildman–Crippen MR) is 63.7 cm³/mol. The van der Waals surface area contributed by atoms with Crippen LogP contribution in [0, 0.1) is 0 Å². The fourth-order valence-corrected chi connectivity index (χ4v) is 4.94. The van der Waals surface area contributed by atoms with Crippen LogP contribution < -0.4 is 0 Å². The zero-order valence-electron chi connectivity index (χ0n) is 8.53. The fourth-order valence-electron chi connectivity index (χ4n) is 1.75. The minimum Gasteiger partial charge on any atom is -0.392 e. The maximum atomic E-state index is 9.94. The Bertz CT molecular complexity index is 141. The molecular formula is C10H20OS2. The van der Waals surface area contributed by atoms with Crippen LogP contribution in [0.3, 0.4) is 0 Å². The van der Waals surface area contributed by atoms with Crippen molar-refractivity contribution in [3.8, 4) is 0 Å². The first kappa shape index (κ1) is 11.7. The number of rotatable bonds is 4. The summed E-state index contributed by atoms with van der Waals surface area (Å²) < 4.78 is 0. The minimum absolute atomic E-state index is 0.0762. The van der Waals surface area contributed by atoms with E-state index in [1.807, 2.05) is 23.5 Å². The van der Waals surface area contributed by atoms with Crippen molar-refractivity contribution >= 4 is 23.5 Å². The molecule has 1 saturated heterocycles. The van der Waals surface area contributed by atoms with Crippen molar-refractivity contribution in [1.82, 2.24) is 0 Å². The molecule has 0 spiro atoms. The highest BCUT2D eigenvalue weighted by molar-refractivity contribution is 8.07. The summed E-state index contributed by atoms with van der Waals surface area (Å²) in [6.07, 6.45) is 3.18. The number of thioether (sulfide) groups is 2. The van der Waals surface area contributed by atoms with Gasteiger partial charge in [-0.15, -0.1) is 0 Å². The molecule has 0 aliphatic carbocycles. The van der Waals surface area contributed by atoms with E-state index < -0.39 is 0 Å². The molecule has 1 heterocycles. The first-order chi connectivity index (χ1) is 6.29. The molecule has 78 valence electrons. The van der Waals surface area contributed by atoms with E-state index in [0.717, 1.165) is 12.8 Å². The molecule has 1 N–H and O–H groups in total.